The van der Waals surface area contributed by atoms with E-state index in [1.54, 1.807) is 26.9 Å². The molecule has 0 spiro atoms. The van der Waals surface area contributed by atoms with Gasteiger partial charge in [0.05, 0.1) is 6.54 Å². The minimum atomic E-state index is -0.248. The lowest BCUT2D eigenvalue weighted by Crippen LogP contribution is -2.31. The lowest BCUT2D eigenvalue weighted by Gasteiger charge is -2.21. The highest BCUT2D eigenvalue weighted by Gasteiger charge is 2.23. The van der Waals surface area contributed by atoms with Crippen LogP contribution in [0.3, 0.4) is 0 Å². The molecule has 1 aromatic carbocycles. The van der Waals surface area contributed by atoms with E-state index in [2.05, 4.69) is 15.1 Å². The number of aryl methyl sites for hydroxylation is 1. The van der Waals surface area contributed by atoms with E-state index in [-0.39, 0.29) is 11.7 Å². The van der Waals surface area contributed by atoms with Crippen LogP contribution in [0.4, 0.5) is 5.69 Å². The molecule has 25 heavy (non-hydrogen) atoms. The number of nitrogens with zero attached hydrogens (tertiary/aromatic N) is 5. The molecule has 0 aliphatic carbocycles. The maximum absolute atomic E-state index is 13.1. The molecule has 6 nitrogen and oxygen atoms in total. The lowest BCUT2D eigenvalue weighted by atomic mass is 10.2. The van der Waals surface area contributed by atoms with Gasteiger partial charge >= 0.3 is 0 Å². The Morgan fingerprint density at radius 1 is 1.20 bits per heavy atom. The van der Waals surface area contributed by atoms with Crippen molar-refractivity contribution in [3.8, 4) is 0 Å². The molecule has 0 saturated carbocycles. The number of rotatable bonds is 4. The van der Waals surface area contributed by atoms with Crippen molar-refractivity contribution >= 4 is 28.7 Å². The van der Waals surface area contributed by atoms with Crippen LogP contribution in [0.25, 0.3) is 5.78 Å². The Bertz CT molecular complexity index is 1010. The molecule has 0 atom stereocenters. The van der Waals surface area contributed by atoms with Crippen LogP contribution >= 0.6 is 11.3 Å². The highest BCUT2D eigenvalue weighted by Crippen LogP contribution is 2.20. The van der Waals surface area contributed by atoms with Crippen molar-refractivity contribution in [2.75, 3.05) is 4.90 Å². The number of anilines is 1. The largest absolute Gasteiger partial charge is 0.301 e. The van der Waals surface area contributed by atoms with E-state index in [1.807, 2.05) is 60.1 Å². The molecular formula is C18H15N5OS. The molecule has 0 unspecified atom stereocenters. The average Bonchev–Trinajstić information content (AvgIpc) is 3.30. The number of fused-ring (bicyclic) bond motifs is 1. The predicted octanol–water partition coefficient (Wildman–Crippen LogP) is 3.34. The summed E-state index contributed by atoms with van der Waals surface area (Å²) in [6.45, 7) is 2.37. The topological polar surface area (TPSA) is 63.4 Å². The van der Waals surface area contributed by atoms with Crippen LogP contribution in [-0.4, -0.2) is 25.5 Å². The molecule has 1 amide bonds. The molecule has 0 saturated heterocycles. The minimum absolute atomic E-state index is 0.140. The summed E-state index contributed by atoms with van der Waals surface area (Å²) in [5.41, 5.74) is 2.75. The summed E-state index contributed by atoms with van der Waals surface area (Å²) in [4.78, 5) is 23.3. The van der Waals surface area contributed by atoms with E-state index in [0.717, 1.165) is 16.9 Å². The summed E-state index contributed by atoms with van der Waals surface area (Å²) in [7, 11) is 0. The molecule has 0 radical (unpaired) electrons. The summed E-state index contributed by atoms with van der Waals surface area (Å²) in [5.74, 6) is 0.315. The molecule has 4 rings (SSSR count). The molecule has 0 aliphatic heterocycles. The molecule has 7 heteroatoms. The maximum atomic E-state index is 13.1. The van der Waals surface area contributed by atoms with Gasteiger partial charge in [-0.25, -0.2) is 9.50 Å². The van der Waals surface area contributed by atoms with Crippen molar-refractivity contribution < 1.29 is 4.79 Å². The van der Waals surface area contributed by atoms with Crippen LogP contribution in [0.2, 0.25) is 0 Å². The summed E-state index contributed by atoms with van der Waals surface area (Å²) < 4.78 is 1.58. The highest BCUT2D eigenvalue weighted by molar-refractivity contribution is 7.07. The molecule has 0 N–H and O–H groups in total. The maximum Gasteiger partial charge on any atom is 0.298 e. The van der Waals surface area contributed by atoms with Crippen molar-refractivity contribution in [2.24, 2.45) is 0 Å². The van der Waals surface area contributed by atoms with Gasteiger partial charge in [-0.15, -0.1) is 5.10 Å². The number of benzene rings is 1. The molecule has 0 bridgehead atoms. The number of carbonyl (C=O) groups excluding carboxylic acids is 1. The van der Waals surface area contributed by atoms with E-state index in [0.29, 0.717) is 12.3 Å². The number of amides is 1. The van der Waals surface area contributed by atoms with Gasteiger partial charge in [-0.2, -0.15) is 16.3 Å². The smallest absolute Gasteiger partial charge is 0.298 e. The van der Waals surface area contributed by atoms with Crippen molar-refractivity contribution in [1.29, 1.82) is 0 Å². The van der Waals surface area contributed by atoms with E-state index < -0.39 is 0 Å². The number of aromatic nitrogens is 4. The SMILES string of the molecule is Cc1ccnc2nc(C(=O)N(Cc3ccsc3)c3ccccc3)nn12. The van der Waals surface area contributed by atoms with Crippen LogP contribution in [-0.2, 0) is 6.54 Å². The van der Waals surface area contributed by atoms with Gasteiger partial charge in [0, 0.05) is 17.6 Å². The van der Waals surface area contributed by atoms with Crippen LogP contribution in [0.5, 0.6) is 0 Å². The van der Waals surface area contributed by atoms with Gasteiger partial charge in [-0.3, -0.25) is 4.79 Å². The van der Waals surface area contributed by atoms with E-state index in [9.17, 15) is 4.79 Å². The number of thiophene rings is 1. The fourth-order valence-electron chi connectivity index (χ4n) is 2.57. The standard InChI is InChI=1S/C18H15N5OS/c1-13-7-9-19-18-20-16(21-23(13)18)17(24)22(11-14-8-10-25-12-14)15-5-3-2-4-6-15/h2-10,12H,11H2,1H3. The Morgan fingerprint density at radius 2 is 2.04 bits per heavy atom. The van der Waals surface area contributed by atoms with Crippen LogP contribution in [0, 0.1) is 6.92 Å². The Balaban J connectivity index is 1.74. The first-order chi connectivity index (χ1) is 12.2. The van der Waals surface area contributed by atoms with Crippen LogP contribution in [0.15, 0.2) is 59.4 Å². The molecule has 124 valence electrons. The summed E-state index contributed by atoms with van der Waals surface area (Å²) in [5, 5.41) is 8.38. The second-order valence-electron chi connectivity index (χ2n) is 5.59. The van der Waals surface area contributed by atoms with E-state index in [1.165, 1.54) is 0 Å². The third kappa shape index (κ3) is 3.01. The average molecular weight is 349 g/mol. The fourth-order valence-corrected chi connectivity index (χ4v) is 3.23. The first-order valence-electron chi connectivity index (χ1n) is 7.79. The molecule has 0 fully saturated rings. The second-order valence-corrected chi connectivity index (χ2v) is 6.37. The normalized spacial score (nSPS) is 10.9. The first-order valence-corrected chi connectivity index (χ1v) is 8.73. The summed E-state index contributed by atoms with van der Waals surface area (Å²) in [6.07, 6.45) is 1.66. The summed E-state index contributed by atoms with van der Waals surface area (Å²) >= 11 is 1.61. The zero-order valence-corrected chi connectivity index (χ0v) is 14.3. The third-order valence-corrected chi connectivity index (χ3v) is 4.59. The number of hydrogen-bond acceptors (Lipinski definition) is 5. The van der Waals surface area contributed by atoms with Crippen molar-refractivity contribution in [3.05, 3.63) is 76.5 Å². The quantitative estimate of drug-likeness (QED) is 0.567. The predicted molar refractivity (Wildman–Crippen MR) is 96.8 cm³/mol. The molecule has 3 aromatic heterocycles. The van der Waals surface area contributed by atoms with Gasteiger partial charge < -0.3 is 4.90 Å². The van der Waals surface area contributed by atoms with Gasteiger partial charge in [-0.05, 0) is 47.5 Å². The van der Waals surface area contributed by atoms with Crippen molar-refractivity contribution in [3.63, 3.8) is 0 Å². The Hall–Kier alpha value is -3.06. The lowest BCUT2D eigenvalue weighted by molar-refractivity contribution is 0.0975. The molecule has 3 heterocycles. The zero-order valence-electron chi connectivity index (χ0n) is 13.5. The van der Waals surface area contributed by atoms with Crippen molar-refractivity contribution in [2.45, 2.75) is 13.5 Å². The third-order valence-electron chi connectivity index (χ3n) is 3.85. The van der Waals surface area contributed by atoms with Gasteiger partial charge in [0.1, 0.15) is 0 Å². The van der Waals surface area contributed by atoms with Gasteiger partial charge in [0.25, 0.3) is 11.7 Å². The fraction of sp³-hybridized carbons (Fsp3) is 0.111. The van der Waals surface area contributed by atoms with E-state index >= 15 is 0 Å². The molecular weight excluding hydrogens is 334 g/mol. The van der Waals surface area contributed by atoms with E-state index in [4.69, 9.17) is 0 Å². The van der Waals surface area contributed by atoms with Crippen molar-refractivity contribution in [1.82, 2.24) is 19.6 Å². The minimum Gasteiger partial charge on any atom is -0.301 e. The van der Waals surface area contributed by atoms with Crippen LogP contribution in [0.1, 0.15) is 21.9 Å². The molecule has 4 aromatic rings. The van der Waals surface area contributed by atoms with Gasteiger partial charge in [0.15, 0.2) is 0 Å². The van der Waals surface area contributed by atoms with Gasteiger partial charge in [0.2, 0.25) is 5.82 Å². The second kappa shape index (κ2) is 6.45. The molecule has 0 aliphatic rings. The zero-order chi connectivity index (χ0) is 17.2. The van der Waals surface area contributed by atoms with Gasteiger partial charge in [-0.1, -0.05) is 18.2 Å². The number of para-hydroxylation sites is 1. The Morgan fingerprint density at radius 3 is 2.76 bits per heavy atom. The van der Waals surface area contributed by atoms with Crippen LogP contribution < -0.4 is 4.90 Å². The number of hydrogen-bond donors (Lipinski definition) is 0. The number of carbonyl (C=O) groups is 1. The first kappa shape index (κ1) is 15.5. The Kier molecular flexibility index (Phi) is 3.99. The Labute approximate surface area is 148 Å². The highest BCUT2D eigenvalue weighted by atomic mass is 32.1. The summed E-state index contributed by atoms with van der Waals surface area (Å²) in [6, 6.07) is 13.4. The monoisotopic (exact) mass is 349 g/mol.